The Morgan fingerprint density at radius 3 is 2.43 bits per heavy atom. The van der Waals surface area contributed by atoms with Gasteiger partial charge in [0.25, 0.3) is 11.8 Å². The molecule has 6 nitrogen and oxygen atoms in total. The van der Waals surface area contributed by atoms with Crippen molar-refractivity contribution in [2.75, 3.05) is 25.2 Å². The van der Waals surface area contributed by atoms with E-state index in [4.69, 9.17) is 0 Å². The highest BCUT2D eigenvalue weighted by Gasteiger charge is 2.14. The van der Waals surface area contributed by atoms with E-state index >= 15 is 0 Å². The number of hydrogen-bond acceptors (Lipinski definition) is 4. The fourth-order valence-corrected chi connectivity index (χ4v) is 3.33. The van der Waals surface area contributed by atoms with E-state index < -0.39 is 0 Å². The fraction of sp³-hybridized carbons (Fsp3) is 0.286. The third-order valence-corrected chi connectivity index (χ3v) is 4.79. The summed E-state index contributed by atoms with van der Waals surface area (Å²) in [6.45, 7) is 3.80. The largest absolute Gasteiger partial charge is 0.353 e. The standard InChI is InChI=1S/C21H25N3O3S/c1-14(2)22-19(25)13-28-18-11-6-5-10-17(18)20(26)23-16-9-7-8-15(12-16)21(27)24(3)4/h5-12,14H,13H2,1-4H3,(H,22,25)(H,23,26). The molecule has 2 aromatic rings. The number of carbonyl (C=O) groups is 3. The van der Waals surface area contributed by atoms with Gasteiger partial charge in [-0.2, -0.15) is 0 Å². The zero-order valence-corrected chi connectivity index (χ0v) is 17.3. The van der Waals surface area contributed by atoms with Crippen molar-refractivity contribution in [1.82, 2.24) is 10.2 Å². The summed E-state index contributed by atoms with van der Waals surface area (Å²) < 4.78 is 0. The van der Waals surface area contributed by atoms with Crippen LogP contribution in [0.25, 0.3) is 0 Å². The first-order valence-electron chi connectivity index (χ1n) is 8.92. The number of amides is 3. The lowest BCUT2D eigenvalue weighted by Gasteiger charge is -2.13. The molecule has 7 heteroatoms. The van der Waals surface area contributed by atoms with Crippen LogP contribution in [-0.4, -0.2) is 48.5 Å². The zero-order chi connectivity index (χ0) is 20.7. The van der Waals surface area contributed by atoms with Crippen molar-refractivity contribution in [2.24, 2.45) is 0 Å². The maximum absolute atomic E-state index is 12.8. The lowest BCUT2D eigenvalue weighted by atomic mass is 10.1. The Morgan fingerprint density at radius 2 is 1.75 bits per heavy atom. The second-order valence-corrected chi connectivity index (χ2v) is 7.76. The predicted molar refractivity (Wildman–Crippen MR) is 113 cm³/mol. The summed E-state index contributed by atoms with van der Waals surface area (Å²) in [4.78, 5) is 38.9. The summed E-state index contributed by atoms with van der Waals surface area (Å²) in [5.74, 6) is -0.273. The van der Waals surface area contributed by atoms with E-state index in [-0.39, 0.29) is 29.5 Å². The quantitative estimate of drug-likeness (QED) is 0.701. The Labute approximate surface area is 169 Å². The number of anilines is 1. The number of benzene rings is 2. The monoisotopic (exact) mass is 399 g/mol. The fourth-order valence-electron chi connectivity index (χ4n) is 2.47. The highest BCUT2D eigenvalue weighted by molar-refractivity contribution is 8.00. The highest BCUT2D eigenvalue weighted by atomic mass is 32.2. The van der Waals surface area contributed by atoms with Crippen LogP contribution >= 0.6 is 11.8 Å². The van der Waals surface area contributed by atoms with Crippen molar-refractivity contribution < 1.29 is 14.4 Å². The van der Waals surface area contributed by atoms with Crippen LogP contribution in [0.3, 0.4) is 0 Å². The molecule has 0 aliphatic heterocycles. The molecule has 3 amide bonds. The molecule has 2 aromatic carbocycles. The van der Waals surface area contributed by atoms with Crippen LogP contribution in [0.4, 0.5) is 5.69 Å². The minimum absolute atomic E-state index is 0.0730. The Bertz CT molecular complexity index is 865. The maximum atomic E-state index is 12.8. The molecule has 148 valence electrons. The van der Waals surface area contributed by atoms with Crippen molar-refractivity contribution in [2.45, 2.75) is 24.8 Å². The van der Waals surface area contributed by atoms with Crippen LogP contribution in [0, 0.1) is 0 Å². The average Bonchev–Trinajstić information content (AvgIpc) is 2.65. The number of carbonyl (C=O) groups excluding carboxylic acids is 3. The van der Waals surface area contributed by atoms with Crippen LogP contribution in [0.15, 0.2) is 53.4 Å². The van der Waals surface area contributed by atoms with Gasteiger partial charge in [0.2, 0.25) is 5.91 Å². The van der Waals surface area contributed by atoms with Gasteiger partial charge in [-0.15, -0.1) is 11.8 Å². The molecule has 0 aliphatic rings. The molecule has 0 radical (unpaired) electrons. The number of hydrogen-bond donors (Lipinski definition) is 2. The summed E-state index contributed by atoms with van der Waals surface area (Å²) in [6, 6.07) is 14.0. The molecule has 0 atom stereocenters. The number of thioether (sulfide) groups is 1. The van der Waals surface area contributed by atoms with Gasteiger partial charge in [0.1, 0.15) is 0 Å². The summed E-state index contributed by atoms with van der Waals surface area (Å²) >= 11 is 1.31. The van der Waals surface area contributed by atoms with E-state index in [1.165, 1.54) is 16.7 Å². The van der Waals surface area contributed by atoms with Gasteiger partial charge in [-0.1, -0.05) is 18.2 Å². The molecule has 28 heavy (non-hydrogen) atoms. The Kier molecular flexibility index (Phi) is 7.63. The second kappa shape index (κ2) is 9.94. The zero-order valence-electron chi connectivity index (χ0n) is 16.5. The smallest absolute Gasteiger partial charge is 0.256 e. The number of rotatable bonds is 7. The van der Waals surface area contributed by atoms with Crippen LogP contribution < -0.4 is 10.6 Å². The lowest BCUT2D eigenvalue weighted by molar-refractivity contribution is -0.119. The average molecular weight is 400 g/mol. The van der Waals surface area contributed by atoms with Gasteiger partial charge in [0, 0.05) is 36.3 Å². The van der Waals surface area contributed by atoms with Crippen LogP contribution in [0.1, 0.15) is 34.6 Å². The third kappa shape index (κ3) is 6.13. The Hall–Kier alpha value is -2.80. The van der Waals surface area contributed by atoms with E-state index in [1.807, 2.05) is 26.0 Å². The second-order valence-electron chi connectivity index (χ2n) is 6.74. The summed E-state index contributed by atoms with van der Waals surface area (Å²) in [5, 5.41) is 5.66. The third-order valence-electron chi connectivity index (χ3n) is 3.71. The Morgan fingerprint density at radius 1 is 1.04 bits per heavy atom. The van der Waals surface area contributed by atoms with E-state index in [9.17, 15) is 14.4 Å². The molecule has 0 unspecified atom stereocenters. The number of nitrogens with zero attached hydrogens (tertiary/aromatic N) is 1. The van der Waals surface area contributed by atoms with Crippen LogP contribution in [0.5, 0.6) is 0 Å². The van der Waals surface area contributed by atoms with Gasteiger partial charge < -0.3 is 15.5 Å². The van der Waals surface area contributed by atoms with Crippen molar-refractivity contribution in [3.05, 3.63) is 59.7 Å². The maximum Gasteiger partial charge on any atom is 0.256 e. The normalized spacial score (nSPS) is 10.5. The summed E-state index contributed by atoms with van der Waals surface area (Å²) in [5.41, 5.74) is 1.51. The van der Waals surface area contributed by atoms with E-state index in [2.05, 4.69) is 10.6 Å². The van der Waals surface area contributed by atoms with Crippen molar-refractivity contribution in [1.29, 1.82) is 0 Å². The van der Waals surface area contributed by atoms with Crippen LogP contribution in [0.2, 0.25) is 0 Å². The van der Waals surface area contributed by atoms with E-state index in [1.54, 1.807) is 50.5 Å². The molecule has 0 spiro atoms. The van der Waals surface area contributed by atoms with Gasteiger partial charge in [-0.3, -0.25) is 14.4 Å². The van der Waals surface area contributed by atoms with Gasteiger partial charge in [0.15, 0.2) is 0 Å². The molecule has 0 aliphatic carbocycles. The molecule has 2 rings (SSSR count). The molecule has 0 fully saturated rings. The lowest BCUT2D eigenvalue weighted by Crippen LogP contribution is -2.31. The van der Waals surface area contributed by atoms with Crippen molar-refractivity contribution in [3.8, 4) is 0 Å². The topological polar surface area (TPSA) is 78.5 Å². The Balaban J connectivity index is 2.12. The highest BCUT2D eigenvalue weighted by Crippen LogP contribution is 2.24. The van der Waals surface area contributed by atoms with Gasteiger partial charge in [-0.05, 0) is 44.2 Å². The number of nitrogens with one attached hydrogen (secondary N) is 2. The molecular weight excluding hydrogens is 374 g/mol. The minimum atomic E-state index is -0.290. The molecule has 0 bridgehead atoms. The van der Waals surface area contributed by atoms with E-state index in [0.29, 0.717) is 16.8 Å². The first-order chi connectivity index (χ1) is 13.3. The van der Waals surface area contributed by atoms with Gasteiger partial charge in [0.05, 0.1) is 11.3 Å². The molecule has 0 saturated heterocycles. The van der Waals surface area contributed by atoms with Crippen molar-refractivity contribution in [3.63, 3.8) is 0 Å². The van der Waals surface area contributed by atoms with Gasteiger partial charge in [-0.25, -0.2) is 0 Å². The van der Waals surface area contributed by atoms with Crippen molar-refractivity contribution >= 4 is 35.2 Å². The predicted octanol–water partition coefficient (Wildman–Crippen LogP) is 3.26. The summed E-state index contributed by atoms with van der Waals surface area (Å²) in [7, 11) is 3.35. The molecule has 2 N–H and O–H groups in total. The first kappa shape index (κ1) is 21.5. The SMILES string of the molecule is CC(C)NC(=O)CSc1ccccc1C(=O)Nc1cccc(C(=O)N(C)C)c1. The summed E-state index contributed by atoms with van der Waals surface area (Å²) in [6.07, 6.45) is 0. The molecule has 0 heterocycles. The molecule has 0 saturated carbocycles. The van der Waals surface area contributed by atoms with Crippen LogP contribution in [-0.2, 0) is 4.79 Å². The first-order valence-corrected chi connectivity index (χ1v) is 9.90. The minimum Gasteiger partial charge on any atom is -0.353 e. The molecule has 0 aromatic heterocycles. The molecular formula is C21H25N3O3S. The van der Waals surface area contributed by atoms with E-state index in [0.717, 1.165) is 4.90 Å². The van der Waals surface area contributed by atoms with Gasteiger partial charge >= 0.3 is 0 Å².